The lowest BCUT2D eigenvalue weighted by atomic mass is 10.1. The van der Waals surface area contributed by atoms with Crippen LogP contribution in [0.5, 0.6) is 0 Å². The number of rotatable bonds is 6. The Bertz CT molecular complexity index is 1080. The predicted molar refractivity (Wildman–Crippen MR) is 112 cm³/mol. The fourth-order valence-electron chi connectivity index (χ4n) is 3.04. The van der Waals surface area contributed by atoms with Gasteiger partial charge in [0.15, 0.2) is 5.69 Å². The summed E-state index contributed by atoms with van der Waals surface area (Å²) in [5.74, 6) is -0.948. The van der Waals surface area contributed by atoms with Crippen LogP contribution in [-0.4, -0.2) is 34.7 Å². The Morgan fingerprint density at radius 3 is 2.28 bits per heavy atom. The summed E-state index contributed by atoms with van der Waals surface area (Å²) >= 11 is 0. The SMILES string of the molecule is CCN(CC(=O)NNC(=O)c1nn(CC)c(=O)c2ccccc12)c1ccccc1. The number of aryl methyl sites for hydroxylation is 1. The number of hydrogen-bond donors (Lipinski definition) is 2. The van der Waals surface area contributed by atoms with E-state index < -0.39 is 5.91 Å². The first-order valence-corrected chi connectivity index (χ1v) is 9.44. The van der Waals surface area contributed by atoms with Crippen LogP contribution in [0.2, 0.25) is 0 Å². The summed E-state index contributed by atoms with van der Waals surface area (Å²) in [6.07, 6.45) is 0. The summed E-state index contributed by atoms with van der Waals surface area (Å²) < 4.78 is 1.23. The molecule has 150 valence electrons. The third-order valence-electron chi connectivity index (χ3n) is 4.54. The number of anilines is 1. The molecule has 3 rings (SSSR count). The molecule has 1 aromatic heterocycles. The molecule has 0 fully saturated rings. The average Bonchev–Trinajstić information content (AvgIpc) is 2.77. The second-order valence-corrected chi connectivity index (χ2v) is 6.37. The van der Waals surface area contributed by atoms with Gasteiger partial charge in [-0.2, -0.15) is 5.10 Å². The highest BCUT2D eigenvalue weighted by Crippen LogP contribution is 2.13. The molecule has 0 bridgehead atoms. The molecule has 8 nitrogen and oxygen atoms in total. The van der Waals surface area contributed by atoms with E-state index in [4.69, 9.17) is 0 Å². The van der Waals surface area contributed by atoms with Crippen molar-refractivity contribution in [2.24, 2.45) is 0 Å². The molecule has 0 aliphatic rings. The summed E-state index contributed by atoms with van der Waals surface area (Å²) in [7, 11) is 0. The number of carbonyl (C=O) groups is 2. The average molecular weight is 393 g/mol. The first-order valence-electron chi connectivity index (χ1n) is 9.44. The standard InChI is InChI=1S/C21H23N5O3/c1-3-25(15-10-6-5-7-11-15)14-18(27)22-23-20(28)19-16-12-8-9-13-17(16)21(29)26(4-2)24-19/h5-13H,3-4,14H2,1-2H3,(H,22,27)(H,23,28). The Hall–Kier alpha value is -3.68. The number of amides is 2. The zero-order valence-corrected chi connectivity index (χ0v) is 16.4. The normalized spacial score (nSPS) is 10.6. The number of para-hydroxylation sites is 1. The number of benzene rings is 2. The van der Waals surface area contributed by atoms with Crippen molar-refractivity contribution in [2.75, 3.05) is 18.0 Å². The van der Waals surface area contributed by atoms with Crippen molar-refractivity contribution in [3.63, 3.8) is 0 Å². The fraction of sp³-hybridized carbons (Fsp3) is 0.238. The van der Waals surface area contributed by atoms with E-state index >= 15 is 0 Å². The fourth-order valence-corrected chi connectivity index (χ4v) is 3.04. The van der Waals surface area contributed by atoms with E-state index in [0.717, 1.165) is 5.69 Å². The first-order chi connectivity index (χ1) is 14.0. The molecule has 8 heteroatoms. The van der Waals surface area contributed by atoms with Crippen molar-refractivity contribution >= 4 is 28.3 Å². The van der Waals surface area contributed by atoms with Gasteiger partial charge in [0.25, 0.3) is 17.4 Å². The third-order valence-corrected chi connectivity index (χ3v) is 4.54. The van der Waals surface area contributed by atoms with Gasteiger partial charge in [0.1, 0.15) is 0 Å². The molecule has 0 unspecified atom stereocenters. The second kappa shape index (κ2) is 9.01. The first kappa shape index (κ1) is 20.1. The number of hydrazine groups is 1. The van der Waals surface area contributed by atoms with E-state index in [1.807, 2.05) is 42.2 Å². The van der Waals surface area contributed by atoms with Crippen LogP contribution >= 0.6 is 0 Å². The summed E-state index contributed by atoms with van der Waals surface area (Å²) in [5, 5.41) is 4.99. The van der Waals surface area contributed by atoms with Crippen molar-refractivity contribution in [1.82, 2.24) is 20.6 Å². The van der Waals surface area contributed by atoms with Crippen LogP contribution in [0, 0.1) is 0 Å². The lowest BCUT2D eigenvalue weighted by Crippen LogP contribution is -2.47. The molecule has 0 saturated heterocycles. The Balaban J connectivity index is 1.73. The molecule has 3 aromatic rings. The van der Waals surface area contributed by atoms with Gasteiger partial charge in [0.05, 0.1) is 11.9 Å². The van der Waals surface area contributed by atoms with Crippen LogP contribution in [0.25, 0.3) is 10.8 Å². The topological polar surface area (TPSA) is 96.3 Å². The van der Waals surface area contributed by atoms with E-state index in [0.29, 0.717) is 23.9 Å². The Morgan fingerprint density at radius 1 is 0.966 bits per heavy atom. The Kier molecular flexibility index (Phi) is 6.23. The predicted octanol–water partition coefficient (Wildman–Crippen LogP) is 1.70. The van der Waals surface area contributed by atoms with Crippen molar-refractivity contribution in [3.8, 4) is 0 Å². The van der Waals surface area contributed by atoms with E-state index in [1.165, 1.54) is 4.68 Å². The molecule has 0 saturated carbocycles. The molecule has 0 spiro atoms. The number of fused-ring (bicyclic) bond motifs is 1. The molecule has 29 heavy (non-hydrogen) atoms. The number of nitrogens with one attached hydrogen (secondary N) is 2. The monoisotopic (exact) mass is 393 g/mol. The van der Waals surface area contributed by atoms with Gasteiger partial charge in [0, 0.05) is 24.2 Å². The summed E-state index contributed by atoms with van der Waals surface area (Å²) in [5.41, 5.74) is 5.56. The molecule has 0 aliphatic heterocycles. The highest BCUT2D eigenvalue weighted by molar-refractivity contribution is 6.05. The molecule has 2 aromatic carbocycles. The summed E-state index contributed by atoms with van der Waals surface area (Å²) in [6, 6.07) is 16.3. The minimum atomic E-state index is -0.584. The summed E-state index contributed by atoms with van der Waals surface area (Å²) in [4.78, 5) is 39.2. The number of nitrogens with zero attached hydrogens (tertiary/aromatic N) is 3. The Morgan fingerprint density at radius 2 is 1.62 bits per heavy atom. The van der Waals surface area contributed by atoms with E-state index in [-0.39, 0.29) is 23.7 Å². The zero-order chi connectivity index (χ0) is 20.8. The Labute approximate surface area is 168 Å². The van der Waals surface area contributed by atoms with Crippen molar-refractivity contribution in [3.05, 3.63) is 70.6 Å². The number of hydrogen-bond acceptors (Lipinski definition) is 5. The van der Waals surface area contributed by atoms with Crippen LogP contribution < -0.4 is 21.3 Å². The maximum atomic E-state index is 12.7. The molecule has 0 radical (unpaired) electrons. The molecule has 2 N–H and O–H groups in total. The summed E-state index contributed by atoms with van der Waals surface area (Å²) in [6.45, 7) is 4.78. The maximum Gasteiger partial charge on any atom is 0.290 e. The van der Waals surface area contributed by atoms with Crippen LogP contribution in [0.1, 0.15) is 24.3 Å². The highest BCUT2D eigenvalue weighted by Gasteiger charge is 2.17. The zero-order valence-electron chi connectivity index (χ0n) is 16.4. The van der Waals surface area contributed by atoms with Gasteiger partial charge in [-0.25, -0.2) is 4.68 Å². The number of carbonyl (C=O) groups excluding carboxylic acids is 2. The van der Waals surface area contributed by atoms with Gasteiger partial charge in [-0.1, -0.05) is 36.4 Å². The molecule has 1 heterocycles. The van der Waals surface area contributed by atoms with Gasteiger partial charge in [-0.3, -0.25) is 25.2 Å². The minimum absolute atomic E-state index is 0.0813. The van der Waals surface area contributed by atoms with E-state index in [1.54, 1.807) is 31.2 Å². The molecular formula is C21H23N5O3. The van der Waals surface area contributed by atoms with Crippen molar-refractivity contribution in [1.29, 1.82) is 0 Å². The van der Waals surface area contributed by atoms with Crippen LogP contribution in [0.4, 0.5) is 5.69 Å². The largest absolute Gasteiger partial charge is 0.362 e. The van der Waals surface area contributed by atoms with Crippen LogP contribution in [0.3, 0.4) is 0 Å². The van der Waals surface area contributed by atoms with Gasteiger partial charge in [-0.05, 0) is 32.0 Å². The second-order valence-electron chi connectivity index (χ2n) is 6.37. The van der Waals surface area contributed by atoms with Gasteiger partial charge < -0.3 is 4.90 Å². The van der Waals surface area contributed by atoms with Crippen molar-refractivity contribution in [2.45, 2.75) is 20.4 Å². The van der Waals surface area contributed by atoms with Crippen LogP contribution in [0.15, 0.2) is 59.4 Å². The van der Waals surface area contributed by atoms with E-state index in [2.05, 4.69) is 16.0 Å². The van der Waals surface area contributed by atoms with Gasteiger partial charge in [0.2, 0.25) is 0 Å². The smallest absolute Gasteiger partial charge is 0.290 e. The third kappa shape index (κ3) is 4.43. The number of likely N-dealkylation sites (N-methyl/N-ethyl adjacent to an activating group) is 1. The maximum absolute atomic E-state index is 12.7. The molecule has 0 aliphatic carbocycles. The minimum Gasteiger partial charge on any atom is -0.362 e. The van der Waals surface area contributed by atoms with Crippen LogP contribution in [-0.2, 0) is 11.3 Å². The lowest BCUT2D eigenvalue weighted by molar-refractivity contribution is -0.120. The molecule has 0 atom stereocenters. The number of aromatic nitrogens is 2. The quantitative estimate of drug-likeness (QED) is 0.622. The molecular weight excluding hydrogens is 370 g/mol. The van der Waals surface area contributed by atoms with Crippen molar-refractivity contribution < 1.29 is 9.59 Å². The van der Waals surface area contributed by atoms with Gasteiger partial charge in [-0.15, -0.1) is 0 Å². The lowest BCUT2D eigenvalue weighted by Gasteiger charge is -2.22. The molecule has 2 amide bonds. The highest BCUT2D eigenvalue weighted by atomic mass is 16.2. The van der Waals surface area contributed by atoms with Gasteiger partial charge >= 0.3 is 0 Å². The van der Waals surface area contributed by atoms with E-state index in [9.17, 15) is 14.4 Å².